The van der Waals surface area contributed by atoms with Gasteiger partial charge in [-0.3, -0.25) is 0 Å². The van der Waals surface area contributed by atoms with Crippen molar-refractivity contribution < 1.29 is 13.2 Å². The zero-order valence-corrected chi connectivity index (χ0v) is 11.2. The Morgan fingerprint density at radius 3 is 2.59 bits per heavy atom. The molecule has 0 unspecified atom stereocenters. The smallest absolute Gasteiger partial charge is 0.279 e. The standard InChI is InChI=1S/C10H23N3O3S/c1-16-9-7-12-17(14,15)13(8-6-11)10-4-2-3-5-10/h10,12H,2-9,11H2,1H3. The Balaban J connectivity index is 2.60. The van der Waals surface area contributed by atoms with Crippen LogP contribution in [0.15, 0.2) is 0 Å². The van der Waals surface area contributed by atoms with E-state index >= 15 is 0 Å². The van der Waals surface area contributed by atoms with E-state index in [1.165, 1.54) is 4.31 Å². The topological polar surface area (TPSA) is 84.7 Å². The summed E-state index contributed by atoms with van der Waals surface area (Å²) in [6.45, 7) is 1.40. The van der Waals surface area contributed by atoms with Crippen LogP contribution in [0.5, 0.6) is 0 Å². The van der Waals surface area contributed by atoms with E-state index in [9.17, 15) is 8.42 Å². The summed E-state index contributed by atoms with van der Waals surface area (Å²) in [5.41, 5.74) is 5.49. The maximum absolute atomic E-state index is 12.1. The molecule has 0 aromatic heterocycles. The minimum atomic E-state index is -3.42. The molecular formula is C10H23N3O3S. The van der Waals surface area contributed by atoms with Gasteiger partial charge >= 0.3 is 0 Å². The van der Waals surface area contributed by atoms with Crippen LogP contribution < -0.4 is 10.5 Å². The second-order valence-electron chi connectivity index (χ2n) is 4.23. The Bertz CT molecular complexity index is 302. The molecule has 0 spiro atoms. The minimum absolute atomic E-state index is 0.110. The average molecular weight is 265 g/mol. The molecule has 102 valence electrons. The van der Waals surface area contributed by atoms with Crippen molar-refractivity contribution in [1.29, 1.82) is 0 Å². The van der Waals surface area contributed by atoms with Crippen LogP contribution in [0.4, 0.5) is 0 Å². The summed E-state index contributed by atoms with van der Waals surface area (Å²) >= 11 is 0. The van der Waals surface area contributed by atoms with E-state index in [1.54, 1.807) is 7.11 Å². The van der Waals surface area contributed by atoms with Crippen molar-refractivity contribution in [3.63, 3.8) is 0 Å². The van der Waals surface area contributed by atoms with Gasteiger partial charge in [-0.25, -0.2) is 0 Å². The summed E-state index contributed by atoms with van der Waals surface area (Å²) in [7, 11) is -1.87. The Morgan fingerprint density at radius 2 is 2.06 bits per heavy atom. The maximum atomic E-state index is 12.1. The molecule has 1 aliphatic rings. The van der Waals surface area contributed by atoms with Gasteiger partial charge < -0.3 is 10.5 Å². The molecule has 3 N–H and O–H groups in total. The van der Waals surface area contributed by atoms with Gasteiger partial charge in [0, 0.05) is 32.8 Å². The van der Waals surface area contributed by atoms with Crippen LogP contribution in [0, 0.1) is 0 Å². The van der Waals surface area contributed by atoms with E-state index in [2.05, 4.69) is 4.72 Å². The van der Waals surface area contributed by atoms with Gasteiger partial charge in [0.05, 0.1) is 6.61 Å². The predicted octanol–water partition coefficient (Wildman–Crippen LogP) is -0.329. The Hall–Kier alpha value is -0.210. The lowest BCUT2D eigenvalue weighted by Crippen LogP contribution is -2.48. The highest BCUT2D eigenvalue weighted by molar-refractivity contribution is 7.87. The van der Waals surface area contributed by atoms with E-state index in [0.29, 0.717) is 26.2 Å². The maximum Gasteiger partial charge on any atom is 0.279 e. The van der Waals surface area contributed by atoms with Crippen molar-refractivity contribution >= 4 is 10.2 Å². The SMILES string of the molecule is COCCNS(=O)(=O)N(CCN)C1CCCC1. The lowest BCUT2D eigenvalue weighted by molar-refractivity contribution is 0.203. The lowest BCUT2D eigenvalue weighted by Gasteiger charge is -2.27. The first kappa shape index (κ1) is 14.8. The molecule has 1 saturated carbocycles. The molecule has 1 rings (SSSR count). The molecule has 6 nitrogen and oxygen atoms in total. The first-order valence-corrected chi connectivity index (χ1v) is 7.51. The summed E-state index contributed by atoms with van der Waals surface area (Å²) in [5, 5.41) is 0. The normalized spacial score (nSPS) is 18.1. The monoisotopic (exact) mass is 265 g/mol. The molecule has 0 heterocycles. The molecule has 0 atom stereocenters. The minimum Gasteiger partial charge on any atom is -0.383 e. The number of methoxy groups -OCH3 is 1. The highest BCUT2D eigenvalue weighted by Gasteiger charge is 2.30. The molecule has 0 aromatic rings. The number of rotatable bonds is 8. The van der Waals surface area contributed by atoms with E-state index in [0.717, 1.165) is 25.7 Å². The Kier molecular flexibility index (Phi) is 6.35. The molecule has 0 amide bonds. The fraction of sp³-hybridized carbons (Fsp3) is 1.00. The molecule has 7 heteroatoms. The van der Waals surface area contributed by atoms with Crippen molar-refractivity contribution in [1.82, 2.24) is 9.03 Å². The fourth-order valence-corrected chi connectivity index (χ4v) is 3.63. The quantitative estimate of drug-likeness (QED) is 0.589. The van der Waals surface area contributed by atoms with E-state index in [4.69, 9.17) is 10.5 Å². The van der Waals surface area contributed by atoms with Gasteiger partial charge in [0.15, 0.2) is 0 Å². The van der Waals surface area contributed by atoms with Crippen LogP contribution in [-0.2, 0) is 14.9 Å². The van der Waals surface area contributed by atoms with Crippen molar-refractivity contribution in [3.8, 4) is 0 Å². The second-order valence-corrected chi connectivity index (χ2v) is 5.94. The van der Waals surface area contributed by atoms with Crippen LogP contribution in [-0.4, -0.2) is 52.1 Å². The highest BCUT2D eigenvalue weighted by atomic mass is 32.2. The number of nitrogens with zero attached hydrogens (tertiary/aromatic N) is 1. The lowest BCUT2D eigenvalue weighted by atomic mass is 10.2. The zero-order valence-electron chi connectivity index (χ0n) is 10.4. The number of ether oxygens (including phenoxy) is 1. The van der Waals surface area contributed by atoms with Crippen LogP contribution in [0.1, 0.15) is 25.7 Å². The van der Waals surface area contributed by atoms with E-state index in [1.807, 2.05) is 0 Å². The third-order valence-corrected chi connectivity index (χ3v) is 4.65. The molecule has 0 bridgehead atoms. The van der Waals surface area contributed by atoms with Gasteiger partial charge in [0.1, 0.15) is 0 Å². The summed E-state index contributed by atoms with van der Waals surface area (Å²) in [6, 6.07) is 0.110. The Morgan fingerprint density at radius 1 is 1.41 bits per heavy atom. The third kappa shape index (κ3) is 4.51. The first-order valence-electron chi connectivity index (χ1n) is 6.07. The van der Waals surface area contributed by atoms with Crippen LogP contribution in [0.2, 0.25) is 0 Å². The van der Waals surface area contributed by atoms with Gasteiger partial charge in [-0.05, 0) is 12.8 Å². The Labute approximate surface area is 104 Å². The molecule has 0 aliphatic heterocycles. The van der Waals surface area contributed by atoms with Crippen LogP contribution in [0.3, 0.4) is 0 Å². The molecule has 17 heavy (non-hydrogen) atoms. The molecule has 1 fully saturated rings. The summed E-state index contributed by atoms with van der Waals surface area (Å²) < 4.78 is 33.1. The van der Waals surface area contributed by atoms with Gasteiger partial charge in [-0.15, -0.1) is 0 Å². The van der Waals surface area contributed by atoms with Crippen molar-refractivity contribution in [3.05, 3.63) is 0 Å². The van der Waals surface area contributed by atoms with Crippen molar-refractivity contribution in [2.75, 3.05) is 33.4 Å². The average Bonchev–Trinajstić information content (AvgIpc) is 2.79. The highest BCUT2D eigenvalue weighted by Crippen LogP contribution is 2.24. The number of nitrogens with one attached hydrogen (secondary N) is 1. The molecule has 0 radical (unpaired) electrons. The number of nitrogens with two attached hydrogens (primary N) is 1. The summed E-state index contributed by atoms with van der Waals surface area (Å²) in [4.78, 5) is 0. The summed E-state index contributed by atoms with van der Waals surface area (Å²) in [5.74, 6) is 0. The second kappa shape index (κ2) is 7.27. The van der Waals surface area contributed by atoms with Gasteiger partial charge in [0.2, 0.25) is 0 Å². The van der Waals surface area contributed by atoms with Crippen molar-refractivity contribution in [2.24, 2.45) is 5.73 Å². The van der Waals surface area contributed by atoms with Gasteiger partial charge in [-0.1, -0.05) is 12.8 Å². The predicted molar refractivity (Wildman–Crippen MR) is 66.8 cm³/mol. The van der Waals surface area contributed by atoms with Crippen molar-refractivity contribution in [2.45, 2.75) is 31.7 Å². The molecule has 0 saturated heterocycles. The van der Waals surface area contributed by atoms with Gasteiger partial charge in [0.25, 0.3) is 10.2 Å². The van der Waals surface area contributed by atoms with Crippen LogP contribution >= 0.6 is 0 Å². The van der Waals surface area contributed by atoms with E-state index in [-0.39, 0.29) is 6.04 Å². The summed E-state index contributed by atoms with van der Waals surface area (Å²) in [6.07, 6.45) is 4.06. The molecule has 0 aromatic carbocycles. The fourth-order valence-electron chi connectivity index (χ4n) is 2.17. The zero-order chi connectivity index (χ0) is 12.7. The number of hydrogen-bond acceptors (Lipinski definition) is 4. The first-order chi connectivity index (χ1) is 8.11. The molecule has 1 aliphatic carbocycles. The van der Waals surface area contributed by atoms with Crippen LogP contribution in [0.25, 0.3) is 0 Å². The third-order valence-electron chi connectivity index (χ3n) is 2.98. The molecular weight excluding hydrogens is 242 g/mol. The van der Waals surface area contributed by atoms with Gasteiger partial charge in [-0.2, -0.15) is 17.4 Å². The number of hydrogen-bond donors (Lipinski definition) is 2. The van der Waals surface area contributed by atoms with E-state index < -0.39 is 10.2 Å². The largest absolute Gasteiger partial charge is 0.383 e.